The summed E-state index contributed by atoms with van der Waals surface area (Å²) >= 11 is 0. The van der Waals surface area contributed by atoms with Crippen LogP contribution >= 0.6 is 0 Å². The maximum Gasteiger partial charge on any atom is 0.195 e. The Balaban J connectivity index is 2.19. The highest BCUT2D eigenvalue weighted by atomic mass is 16.5. The van der Waals surface area contributed by atoms with E-state index in [1.165, 1.54) is 0 Å². The quantitative estimate of drug-likeness (QED) is 0.559. The van der Waals surface area contributed by atoms with E-state index in [2.05, 4.69) is 5.48 Å². The summed E-state index contributed by atoms with van der Waals surface area (Å²) < 4.78 is 0. The van der Waals surface area contributed by atoms with Crippen molar-refractivity contribution in [2.45, 2.75) is 45.3 Å². The summed E-state index contributed by atoms with van der Waals surface area (Å²) in [5.41, 5.74) is 1.41. The number of rotatable bonds is 2. The summed E-state index contributed by atoms with van der Waals surface area (Å²) in [5, 5.41) is 30.2. The Kier molecular flexibility index (Phi) is 2.65. The first kappa shape index (κ1) is 13.9. The van der Waals surface area contributed by atoms with Gasteiger partial charge in [-0.15, -0.1) is 0 Å². The number of nitrogens with one attached hydrogen (secondary N) is 1. The average molecular weight is 279 g/mol. The molecule has 0 unspecified atom stereocenters. The number of hydrogen-bond acceptors (Lipinski definition) is 5. The third-order valence-corrected chi connectivity index (χ3v) is 5.61. The summed E-state index contributed by atoms with van der Waals surface area (Å²) in [6.07, 6.45) is 2.40. The number of hydrogen-bond donors (Lipinski definition) is 4. The fraction of sp³-hybridized carbons (Fsp3) is 0.667. The fourth-order valence-electron chi connectivity index (χ4n) is 3.97. The second-order valence-electron chi connectivity index (χ2n) is 6.82. The molecule has 5 heteroatoms. The Bertz CT molecular complexity index is 556. The smallest absolute Gasteiger partial charge is 0.195 e. The lowest BCUT2D eigenvalue weighted by Crippen LogP contribution is -2.50. The third kappa shape index (κ3) is 1.39. The van der Waals surface area contributed by atoms with Gasteiger partial charge in [-0.25, -0.2) is 5.48 Å². The van der Waals surface area contributed by atoms with Gasteiger partial charge in [0.15, 0.2) is 5.78 Å². The van der Waals surface area contributed by atoms with Crippen molar-refractivity contribution in [2.24, 2.45) is 10.8 Å². The maximum atomic E-state index is 12.6. The van der Waals surface area contributed by atoms with Crippen LogP contribution < -0.4 is 5.48 Å². The molecule has 0 aromatic rings. The minimum atomic E-state index is -1.40. The zero-order chi connectivity index (χ0) is 14.9. The molecule has 0 heterocycles. The Hall–Kier alpha value is -1.01. The first-order valence-corrected chi connectivity index (χ1v) is 6.98. The van der Waals surface area contributed by atoms with Crippen LogP contribution in [-0.4, -0.2) is 39.5 Å². The molecule has 0 aromatic heterocycles. The Labute approximate surface area is 117 Å². The lowest BCUT2D eigenvalue weighted by atomic mass is 9.67. The number of aliphatic hydroxyl groups excluding tert-OH is 1. The van der Waals surface area contributed by atoms with Crippen LogP contribution in [0.2, 0.25) is 0 Å². The van der Waals surface area contributed by atoms with Gasteiger partial charge in [0, 0.05) is 22.9 Å². The molecule has 0 amide bonds. The summed E-state index contributed by atoms with van der Waals surface area (Å²) in [5.74, 6) is -0.309. The molecule has 4 N–H and O–H groups in total. The van der Waals surface area contributed by atoms with E-state index in [0.717, 1.165) is 18.4 Å². The molecule has 3 aliphatic carbocycles. The highest BCUT2D eigenvalue weighted by Crippen LogP contribution is 2.65. The van der Waals surface area contributed by atoms with Crippen LogP contribution in [0, 0.1) is 10.8 Å². The van der Waals surface area contributed by atoms with Gasteiger partial charge in [-0.2, -0.15) is 0 Å². The van der Waals surface area contributed by atoms with Gasteiger partial charge in [0.05, 0.1) is 6.10 Å². The molecule has 5 nitrogen and oxygen atoms in total. The van der Waals surface area contributed by atoms with Gasteiger partial charge in [-0.1, -0.05) is 18.6 Å². The topological polar surface area (TPSA) is 89.8 Å². The molecule has 3 aliphatic rings. The number of Topliss-reactive ketones (excluding diaryl/α,β-unsaturated/α-hetero) is 1. The van der Waals surface area contributed by atoms with Crippen molar-refractivity contribution >= 4 is 5.78 Å². The lowest BCUT2D eigenvalue weighted by molar-refractivity contribution is -0.138. The first-order chi connectivity index (χ1) is 9.21. The van der Waals surface area contributed by atoms with Crippen LogP contribution in [-0.2, 0) is 4.79 Å². The van der Waals surface area contributed by atoms with Crippen LogP contribution in [0.5, 0.6) is 0 Å². The molecular weight excluding hydrogens is 258 g/mol. The molecular formula is C15H21NO4. The van der Waals surface area contributed by atoms with Gasteiger partial charge in [0.1, 0.15) is 5.60 Å². The van der Waals surface area contributed by atoms with E-state index in [0.29, 0.717) is 11.1 Å². The molecule has 0 aromatic carbocycles. The summed E-state index contributed by atoms with van der Waals surface area (Å²) in [7, 11) is 0. The molecule has 20 heavy (non-hydrogen) atoms. The predicted octanol–water partition coefficient (Wildman–Crippen LogP) is 0.703. The van der Waals surface area contributed by atoms with Gasteiger partial charge in [0.25, 0.3) is 0 Å². The monoisotopic (exact) mass is 279 g/mol. The van der Waals surface area contributed by atoms with Crippen LogP contribution in [0.4, 0.5) is 0 Å². The van der Waals surface area contributed by atoms with Crippen LogP contribution in [0.3, 0.4) is 0 Å². The number of carbonyl (C=O) groups excluding carboxylic acids is 1. The molecule has 1 fully saturated rings. The zero-order valence-corrected chi connectivity index (χ0v) is 12.0. The van der Waals surface area contributed by atoms with E-state index < -0.39 is 22.5 Å². The average Bonchev–Trinajstić information content (AvgIpc) is 3.13. The molecule has 0 saturated heterocycles. The van der Waals surface area contributed by atoms with Crippen LogP contribution in [0.1, 0.15) is 33.6 Å². The number of ketones is 1. The standard InChI is InChI=1S/C15H21NO4/c1-8-10-9(6-13(2,7-16-20)12(10)18)11(17)14(3,19)15(8)4-5-15/h6,12,16,18-20H,4-5,7H2,1-3H3/t12-,13+,14+/m1/s1. The van der Waals surface area contributed by atoms with E-state index in [-0.39, 0.29) is 12.3 Å². The molecule has 110 valence electrons. The number of hydroxylamine groups is 1. The SMILES string of the molecule is CC1=C2C(=C[C@@](C)(CNO)[C@@H]2O)C(=O)[C@](C)(O)C12CC2. The molecule has 1 spiro atoms. The summed E-state index contributed by atoms with van der Waals surface area (Å²) in [6.45, 7) is 5.42. The Morgan fingerprint density at radius 3 is 2.50 bits per heavy atom. The predicted molar refractivity (Wildman–Crippen MR) is 72.0 cm³/mol. The van der Waals surface area contributed by atoms with Crippen LogP contribution in [0.25, 0.3) is 0 Å². The van der Waals surface area contributed by atoms with Crippen molar-refractivity contribution in [2.75, 3.05) is 6.54 Å². The largest absolute Gasteiger partial charge is 0.387 e. The zero-order valence-electron chi connectivity index (χ0n) is 12.0. The van der Waals surface area contributed by atoms with E-state index in [1.54, 1.807) is 19.9 Å². The maximum absolute atomic E-state index is 12.6. The van der Waals surface area contributed by atoms with E-state index in [9.17, 15) is 15.0 Å². The summed E-state index contributed by atoms with van der Waals surface area (Å²) in [6, 6.07) is 0. The van der Waals surface area contributed by atoms with Gasteiger partial charge in [-0.3, -0.25) is 4.79 Å². The van der Waals surface area contributed by atoms with Crippen LogP contribution in [0.15, 0.2) is 22.8 Å². The van der Waals surface area contributed by atoms with Gasteiger partial charge >= 0.3 is 0 Å². The van der Waals surface area contributed by atoms with Gasteiger partial charge in [-0.05, 0) is 32.3 Å². The lowest BCUT2D eigenvalue weighted by Gasteiger charge is -2.39. The van der Waals surface area contributed by atoms with Crippen molar-refractivity contribution in [3.8, 4) is 0 Å². The number of carbonyl (C=O) groups is 1. The van der Waals surface area contributed by atoms with E-state index >= 15 is 0 Å². The molecule has 3 rings (SSSR count). The Morgan fingerprint density at radius 2 is 2.00 bits per heavy atom. The second kappa shape index (κ2) is 3.80. The van der Waals surface area contributed by atoms with Crippen molar-refractivity contribution in [1.29, 1.82) is 0 Å². The number of aliphatic hydroxyl groups is 2. The van der Waals surface area contributed by atoms with Gasteiger partial charge < -0.3 is 15.4 Å². The minimum absolute atomic E-state index is 0.150. The molecule has 0 aliphatic heterocycles. The molecule has 3 atom stereocenters. The van der Waals surface area contributed by atoms with Crippen molar-refractivity contribution in [3.63, 3.8) is 0 Å². The van der Waals surface area contributed by atoms with Crippen molar-refractivity contribution in [3.05, 3.63) is 22.8 Å². The normalized spacial score (nSPS) is 42.0. The second-order valence-corrected chi connectivity index (χ2v) is 6.82. The van der Waals surface area contributed by atoms with Crippen molar-refractivity contribution in [1.82, 2.24) is 5.48 Å². The number of fused-ring (bicyclic) bond motifs is 1. The third-order valence-electron chi connectivity index (χ3n) is 5.61. The van der Waals surface area contributed by atoms with E-state index in [4.69, 9.17) is 5.21 Å². The molecule has 0 bridgehead atoms. The highest BCUT2D eigenvalue weighted by molar-refractivity contribution is 6.09. The minimum Gasteiger partial charge on any atom is -0.387 e. The van der Waals surface area contributed by atoms with E-state index in [1.807, 2.05) is 6.92 Å². The van der Waals surface area contributed by atoms with Crippen molar-refractivity contribution < 1.29 is 20.2 Å². The highest BCUT2D eigenvalue weighted by Gasteiger charge is 2.66. The summed E-state index contributed by atoms with van der Waals surface area (Å²) in [4.78, 5) is 12.6. The fourth-order valence-corrected chi connectivity index (χ4v) is 3.97. The molecule has 1 saturated carbocycles. The molecule has 0 radical (unpaired) electrons. The van der Waals surface area contributed by atoms with Gasteiger partial charge in [0.2, 0.25) is 0 Å². The Morgan fingerprint density at radius 1 is 1.40 bits per heavy atom. The first-order valence-electron chi connectivity index (χ1n) is 6.98.